The lowest BCUT2D eigenvalue weighted by atomic mass is 9.88. The van der Waals surface area contributed by atoms with E-state index in [9.17, 15) is 4.79 Å². The number of nitrogens with one attached hydrogen (secondary N) is 1. The molecular formula is C10H21N3O. The highest BCUT2D eigenvalue weighted by Crippen LogP contribution is 2.21. The fourth-order valence-corrected chi connectivity index (χ4v) is 1.89. The van der Waals surface area contributed by atoms with E-state index >= 15 is 0 Å². The standard InChI is InChI=1S/C10H21N3O/c1-3-10(11)6-5-7-13(8-10)9(14)12-4-2/h3-8,11H2,1-2H3,(H,12,14). The fraction of sp³-hybridized carbons (Fsp3) is 0.900. The third-order valence-electron chi connectivity index (χ3n) is 2.93. The van der Waals surface area contributed by atoms with E-state index in [0.717, 1.165) is 25.8 Å². The van der Waals surface area contributed by atoms with Crippen LogP contribution in [-0.2, 0) is 0 Å². The highest BCUT2D eigenvalue weighted by Gasteiger charge is 2.31. The second kappa shape index (κ2) is 4.64. The van der Waals surface area contributed by atoms with E-state index in [4.69, 9.17) is 5.73 Å². The normalized spacial score (nSPS) is 27.5. The van der Waals surface area contributed by atoms with Crippen LogP contribution in [0, 0.1) is 0 Å². The van der Waals surface area contributed by atoms with Crippen molar-refractivity contribution in [1.82, 2.24) is 10.2 Å². The van der Waals surface area contributed by atoms with Crippen LogP contribution in [0.15, 0.2) is 0 Å². The first-order chi connectivity index (χ1) is 6.61. The molecule has 4 heteroatoms. The van der Waals surface area contributed by atoms with E-state index in [1.54, 1.807) is 0 Å². The summed E-state index contributed by atoms with van der Waals surface area (Å²) in [5.41, 5.74) is 6.00. The van der Waals surface area contributed by atoms with E-state index in [0.29, 0.717) is 13.1 Å². The predicted molar refractivity (Wildman–Crippen MR) is 57.1 cm³/mol. The van der Waals surface area contributed by atoms with Crippen LogP contribution in [-0.4, -0.2) is 36.1 Å². The number of carbonyl (C=O) groups is 1. The number of rotatable bonds is 2. The number of nitrogens with two attached hydrogens (primary N) is 1. The molecule has 0 radical (unpaired) electrons. The van der Waals surface area contributed by atoms with Crippen LogP contribution in [0.5, 0.6) is 0 Å². The molecule has 1 saturated heterocycles. The van der Waals surface area contributed by atoms with Gasteiger partial charge in [-0.3, -0.25) is 0 Å². The molecule has 1 rings (SSSR count). The minimum absolute atomic E-state index is 0.0236. The lowest BCUT2D eigenvalue weighted by Gasteiger charge is -2.39. The third kappa shape index (κ3) is 2.61. The number of carbonyl (C=O) groups excluding carboxylic acids is 1. The van der Waals surface area contributed by atoms with Crippen molar-refractivity contribution in [2.75, 3.05) is 19.6 Å². The van der Waals surface area contributed by atoms with Gasteiger partial charge in [-0.2, -0.15) is 0 Å². The highest BCUT2D eigenvalue weighted by atomic mass is 16.2. The number of urea groups is 1. The van der Waals surface area contributed by atoms with Gasteiger partial charge < -0.3 is 16.0 Å². The van der Waals surface area contributed by atoms with E-state index in [1.807, 2.05) is 11.8 Å². The Balaban J connectivity index is 2.51. The number of nitrogens with zero attached hydrogens (tertiary/aromatic N) is 1. The molecule has 0 aromatic rings. The van der Waals surface area contributed by atoms with Crippen molar-refractivity contribution < 1.29 is 4.79 Å². The quantitative estimate of drug-likeness (QED) is 0.694. The summed E-state index contributed by atoms with van der Waals surface area (Å²) in [6.07, 6.45) is 2.98. The summed E-state index contributed by atoms with van der Waals surface area (Å²) >= 11 is 0. The molecule has 14 heavy (non-hydrogen) atoms. The van der Waals surface area contributed by atoms with Gasteiger partial charge in [0.2, 0.25) is 0 Å². The maximum absolute atomic E-state index is 11.6. The molecule has 1 atom stereocenters. The number of hydrogen-bond donors (Lipinski definition) is 2. The van der Waals surface area contributed by atoms with Crippen LogP contribution >= 0.6 is 0 Å². The molecule has 0 aliphatic carbocycles. The Kier molecular flexibility index (Phi) is 3.75. The molecule has 1 heterocycles. The van der Waals surface area contributed by atoms with Crippen LogP contribution in [0.2, 0.25) is 0 Å². The van der Waals surface area contributed by atoms with Crippen molar-refractivity contribution in [1.29, 1.82) is 0 Å². The summed E-state index contributed by atoms with van der Waals surface area (Å²) in [4.78, 5) is 13.4. The number of amides is 2. The Bertz CT molecular complexity index is 208. The van der Waals surface area contributed by atoms with Crippen molar-refractivity contribution in [2.24, 2.45) is 5.73 Å². The van der Waals surface area contributed by atoms with Crippen LogP contribution in [0.25, 0.3) is 0 Å². The van der Waals surface area contributed by atoms with Gasteiger partial charge in [-0.25, -0.2) is 4.79 Å². The van der Waals surface area contributed by atoms with Gasteiger partial charge >= 0.3 is 6.03 Å². The summed E-state index contributed by atoms with van der Waals surface area (Å²) in [6, 6.07) is 0.0236. The molecule has 4 nitrogen and oxygen atoms in total. The van der Waals surface area contributed by atoms with Crippen molar-refractivity contribution in [3.05, 3.63) is 0 Å². The highest BCUT2D eigenvalue weighted by molar-refractivity contribution is 5.74. The zero-order valence-electron chi connectivity index (χ0n) is 9.18. The maximum Gasteiger partial charge on any atom is 0.317 e. The molecule has 0 saturated carbocycles. The van der Waals surface area contributed by atoms with Gasteiger partial charge in [-0.05, 0) is 26.2 Å². The van der Waals surface area contributed by atoms with Gasteiger partial charge in [0.25, 0.3) is 0 Å². The first kappa shape index (κ1) is 11.3. The van der Waals surface area contributed by atoms with E-state index in [2.05, 4.69) is 12.2 Å². The first-order valence-electron chi connectivity index (χ1n) is 5.43. The molecule has 1 fully saturated rings. The summed E-state index contributed by atoms with van der Waals surface area (Å²) in [5.74, 6) is 0. The molecule has 0 aromatic heterocycles. The van der Waals surface area contributed by atoms with Crippen molar-refractivity contribution in [2.45, 2.75) is 38.6 Å². The van der Waals surface area contributed by atoms with Crippen LogP contribution in [0.3, 0.4) is 0 Å². The Hall–Kier alpha value is -0.770. The molecule has 0 aromatic carbocycles. The van der Waals surface area contributed by atoms with Crippen molar-refractivity contribution in [3.8, 4) is 0 Å². The Morgan fingerprint density at radius 2 is 2.29 bits per heavy atom. The first-order valence-corrected chi connectivity index (χ1v) is 5.43. The molecule has 1 unspecified atom stereocenters. The van der Waals surface area contributed by atoms with Gasteiger partial charge in [-0.1, -0.05) is 6.92 Å². The molecule has 2 amide bonds. The largest absolute Gasteiger partial charge is 0.338 e. The number of likely N-dealkylation sites (tertiary alicyclic amines) is 1. The van der Waals surface area contributed by atoms with E-state index < -0.39 is 0 Å². The minimum Gasteiger partial charge on any atom is -0.338 e. The third-order valence-corrected chi connectivity index (χ3v) is 2.93. The Labute approximate surface area is 85.8 Å². The van der Waals surface area contributed by atoms with Crippen LogP contribution in [0.4, 0.5) is 4.79 Å². The summed E-state index contributed by atoms with van der Waals surface area (Å²) in [5, 5.41) is 2.81. The molecule has 0 bridgehead atoms. The molecule has 3 N–H and O–H groups in total. The Morgan fingerprint density at radius 3 is 2.86 bits per heavy atom. The fourth-order valence-electron chi connectivity index (χ4n) is 1.89. The topological polar surface area (TPSA) is 58.4 Å². The van der Waals surface area contributed by atoms with Gasteiger partial charge in [-0.15, -0.1) is 0 Å². The minimum atomic E-state index is -0.163. The lowest BCUT2D eigenvalue weighted by Crippen LogP contribution is -2.57. The number of piperidine rings is 1. The summed E-state index contributed by atoms with van der Waals surface area (Å²) < 4.78 is 0. The van der Waals surface area contributed by atoms with E-state index in [-0.39, 0.29) is 11.6 Å². The zero-order chi connectivity index (χ0) is 10.6. The van der Waals surface area contributed by atoms with Crippen molar-refractivity contribution in [3.63, 3.8) is 0 Å². The molecular weight excluding hydrogens is 178 g/mol. The second-order valence-corrected chi connectivity index (χ2v) is 4.08. The summed E-state index contributed by atoms with van der Waals surface area (Å²) in [6.45, 7) is 6.22. The van der Waals surface area contributed by atoms with Crippen LogP contribution < -0.4 is 11.1 Å². The zero-order valence-corrected chi connectivity index (χ0v) is 9.18. The molecule has 0 spiro atoms. The van der Waals surface area contributed by atoms with Crippen LogP contribution in [0.1, 0.15) is 33.1 Å². The predicted octanol–water partition coefficient (Wildman–Crippen LogP) is 0.919. The average Bonchev–Trinajstić information content (AvgIpc) is 2.18. The van der Waals surface area contributed by atoms with Gasteiger partial charge in [0, 0.05) is 25.2 Å². The van der Waals surface area contributed by atoms with Gasteiger partial charge in [0.05, 0.1) is 0 Å². The Morgan fingerprint density at radius 1 is 1.57 bits per heavy atom. The lowest BCUT2D eigenvalue weighted by molar-refractivity contribution is 0.149. The van der Waals surface area contributed by atoms with Crippen molar-refractivity contribution >= 4 is 6.03 Å². The smallest absolute Gasteiger partial charge is 0.317 e. The average molecular weight is 199 g/mol. The van der Waals surface area contributed by atoms with E-state index in [1.165, 1.54) is 0 Å². The van der Waals surface area contributed by atoms with Gasteiger partial charge in [0.1, 0.15) is 0 Å². The molecule has 1 aliphatic rings. The van der Waals surface area contributed by atoms with Gasteiger partial charge in [0.15, 0.2) is 0 Å². The maximum atomic E-state index is 11.6. The summed E-state index contributed by atoms with van der Waals surface area (Å²) in [7, 11) is 0. The monoisotopic (exact) mass is 199 g/mol. The number of hydrogen-bond acceptors (Lipinski definition) is 2. The molecule has 82 valence electrons. The SMILES string of the molecule is CCNC(=O)N1CCCC(N)(CC)C1. The second-order valence-electron chi connectivity index (χ2n) is 4.08. The molecule has 1 aliphatic heterocycles.